The molecule has 0 N–H and O–H groups in total. The highest BCUT2D eigenvalue weighted by Crippen LogP contribution is 2.71. The van der Waals surface area contributed by atoms with E-state index in [0.29, 0.717) is 56.8 Å². The van der Waals surface area contributed by atoms with Crippen molar-refractivity contribution in [2.24, 2.45) is 10.8 Å². The third-order valence-electron chi connectivity index (χ3n) is 11.9. The molecule has 43 heavy (non-hydrogen) atoms. The van der Waals surface area contributed by atoms with Crippen LogP contribution in [0, 0.1) is 10.8 Å². The molecular formula is C34H37F2N5O2. The van der Waals surface area contributed by atoms with Gasteiger partial charge in [0.05, 0.1) is 0 Å². The van der Waals surface area contributed by atoms with Crippen LogP contribution in [0.3, 0.4) is 0 Å². The number of amides is 1. The highest BCUT2D eigenvalue weighted by atomic mass is 19.1. The lowest BCUT2D eigenvalue weighted by Gasteiger charge is -2.66. The largest absolute Gasteiger partial charge is 0.336 e. The summed E-state index contributed by atoms with van der Waals surface area (Å²) in [6, 6.07) is 8.17. The number of halogens is 2. The van der Waals surface area contributed by atoms with Crippen molar-refractivity contribution in [2.75, 3.05) is 11.4 Å². The van der Waals surface area contributed by atoms with Crippen molar-refractivity contribution in [1.29, 1.82) is 0 Å². The van der Waals surface area contributed by atoms with E-state index in [1.807, 2.05) is 35.5 Å². The highest BCUT2D eigenvalue weighted by Gasteiger charge is 2.69. The van der Waals surface area contributed by atoms with Gasteiger partial charge in [-0.05, 0) is 112 Å². The second kappa shape index (κ2) is 8.69. The number of carbonyl (C=O) groups is 1. The molecule has 2 aromatic heterocycles. The molecule has 0 atom stereocenters. The Bertz CT molecular complexity index is 1570. The smallest absolute Gasteiger partial charge is 0.264 e. The van der Waals surface area contributed by atoms with Gasteiger partial charge in [0.25, 0.3) is 5.89 Å². The number of aromatic nitrogens is 4. The molecule has 0 unspecified atom stereocenters. The topological polar surface area (TPSA) is 85.0 Å². The van der Waals surface area contributed by atoms with Crippen molar-refractivity contribution in [3.63, 3.8) is 0 Å². The number of anilines is 1. The summed E-state index contributed by atoms with van der Waals surface area (Å²) in [7, 11) is 0. The minimum atomic E-state index is -1.42. The van der Waals surface area contributed by atoms with Gasteiger partial charge < -0.3 is 9.42 Å². The summed E-state index contributed by atoms with van der Waals surface area (Å²) in [5.41, 5.74) is 0.0326. The van der Waals surface area contributed by atoms with Gasteiger partial charge in [-0.15, -0.1) is 0 Å². The number of benzene rings is 1. The second-order valence-electron chi connectivity index (χ2n) is 15.2. The monoisotopic (exact) mass is 585 g/mol. The number of nitrogens with zero attached hydrogens (tertiary/aromatic N) is 5. The molecule has 7 nitrogen and oxygen atoms in total. The van der Waals surface area contributed by atoms with Crippen LogP contribution in [0.25, 0.3) is 11.1 Å². The van der Waals surface area contributed by atoms with Crippen molar-refractivity contribution >= 4 is 11.6 Å². The fourth-order valence-corrected chi connectivity index (χ4v) is 8.80. The number of alkyl halides is 2. The molecule has 9 heteroatoms. The summed E-state index contributed by atoms with van der Waals surface area (Å²) in [5, 5.41) is 4.27. The summed E-state index contributed by atoms with van der Waals surface area (Å²) in [6.07, 6.45) is 14.6. The van der Waals surface area contributed by atoms with E-state index in [1.165, 1.54) is 0 Å². The Morgan fingerprint density at radius 1 is 0.907 bits per heavy atom. The lowest BCUT2D eigenvalue weighted by molar-refractivity contribution is -0.215. The van der Waals surface area contributed by atoms with Gasteiger partial charge in [-0.1, -0.05) is 17.3 Å². The fourth-order valence-electron chi connectivity index (χ4n) is 8.80. The normalized spacial score (nSPS) is 34.7. The molecule has 0 aliphatic heterocycles. The molecular weight excluding hydrogens is 548 g/mol. The van der Waals surface area contributed by atoms with Crippen LogP contribution in [0.1, 0.15) is 113 Å². The van der Waals surface area contributed by atoms with Crippen LogP contribution in [0.15, 0.2) is 41.2 Å². The summed E-state index contributed by atoms with van der Waals surface area (Å²) in [5.74, 6) is 2.32. The first kappa shape index (κ1) is 26.2. The zero-order chi connectivity index (χ0) is 29.1. The Kier molecular flexibility index (Phi) is 5.30. The average Bonchev–Trinajstić information content (AvgIpc) is 3.93. The fraction of sp³-hybridized carbons (Fsp3) is 0.618. The van der Waals surface area contributed by atoms with Crippen LogP contribution in [0.5, 0.6) is 0 Å². The van der Waals surface area contributed by atoms with Crippen LogP contribution < -0.4 is 4.90 Å². The number of hydrogen-bond acceptors (Lipinski definition) is 6. The molecule has 8 aliphatic carbocycles. The predicted molar refractivity (Wildman–Crippen MR) is 155 cm³/mol. The van der Waals surface area contributed by atoms with Crippen LogP contribution >= 0.6 is 0 Å². The van der Waals surface area contributed by atoms with Gasteiger partial charge in [0, 0.05) is 47.9 Å². The third kappa shape index (κ3) is 4.27. The minimum Gasteiger partial charge on any atom is -0.336 e. The summed E-state index contributed by atoms with van der Waals surface area (Å²) < 4.78 is 34.4. The molecule has 2 heterocycles. The second-order valence-corrected chi connectivity index (χ2v) is 15.2. The van der Waals surface area contributed by atoms with Crippen molar-refractivity contribution < 1.29 is 18.1 Å². The zero-order valence-electron chi connectivity index (χ0n) is 24.5. The molecule has 11 rings (SSSR count). The van der Waals surface area contributed by atoms with E-state index in [2.05, 4.69) is 26.2 Å². The van der Waals surface area contributed by atoms with Crippen molar-refractivity contribution in [1.82, 2.24) is 20.1 Å². The Morgan fingerprint density at radius 3 is 2.23 bits per heavy atom. The van der Waals surface area contributed by atoms with Gasteiger partial charge in [0.1, 0.15) is 11.5 Å². The molecule has 8 aliphatic rings. The lowest BCUT2D eigenvalue weighted by Crippen LogP contribution is -2.65. The Balaban J connectivity index is 0.973. The highest BCUT2D eigenvalue weighted by molar-refractivity contribution is 5.95. The van der Waals surface area contributed by atoms with Crippen LogP contribution in [-0.2, 0) is 15.9 Å². The van der Waals surface area contributed by atoms with E-state index in [9.17, 15) is 13.6 Å². The molecule has 8 fully saturated rings. The molecule has 0 spiro atoms. The predicted octanol–water partition coefficient (Wildman–Crippen LogP) is 7.27. The molecule has 0 radical (unpaired) electrons. The van der Waals surface area contributed by atoms with E-state index >= 15 is 0 Å². The summed E-state index contributed by atoms with van der Waals surface area (Å²) >= 11 is 0. The first-order valence-corrected chi connectivity index (χ1v) is 16.1. The maximum atomic E-state index is 14.6. The van der Waals surface area contributed by atoms with Gasteiger partial charge in [0.15, 0.2) is 11.5 Å². The number of rotatable bonds is 9. The van der Waals surface area contributed by atoms with Crippen LogP contribution in [0.2, 0.25) is 0 Å². The van der Waals surface area contributed by atoms with Gasteiger partial charge in [-0.2, -0.15) is 4.98 Å². The van der Waals surface area contributed by atoms with Crippen LogP contribution in [-0.4, -0.2) is 38.2 Å². The van der Waals surface area contributed by atoms with E-state index in [1.54, 1.807) is 0 Å². The molecule has 4 bridgehead atoms. The quantitative estimate of drug-likeness (QED) is 0.263. The summed E-state index contributed by atoms with van der Waals surface area (Å²) in [4.78, 5) is 29.9. The van der Waals surface area contributed by atoms with E-state index < -0.39 is 11.3 Å². The first-order valence-electron chi connectivity index (χ1n) is 16.1. The molecule has 3 aromatic rings. The zero-order valence-corrected chi connectivity index (χ0v) is 24.5. The average molecular weight is 586 g/mol. The van der Waals surface area contributed by atoms with Crippen molar-refractivity contribution in [2.45, 2.75) is 113 Å². The van der Waals surface area contributed by atoms with Gasteiger partial charge in [-0.3, -0.25) is 4.79 Å². The van der Waals surface area contributed by atoms with Crippen molar-refractivity contribution in [3.05, 3.63) is 54.2 Å². The lowest BCUT2D eigenvalue weighted by atomic mass is 9.41. The molecule has 1 amide bonds. The van der Waals surface area contributed by atoms with Gasteiger partial charge >= 0.3 is 0 Å². The van der Waals surface area contributed by atoms with E-state index in [0.717, 1.165) is 74.0 Å². The Morgan fingerprint density at radius 2 is 1.60 bits per heavy atom. The van der Waals surface area contributed by atoms with Crippen molar-refractivity contribution in [3.8, 4) is 11.1 Å². The molecule has 8 saturated carbocycles. The summed E-state index contributed by atoms with van der Waals surface area (Å²) in [6.45, 7) is 0.643. The number of fused-ring (bicyclic) bond motifs is 3. The standard InChI is InChI=1S/C34H37F2N5O2/c35-33-18-31(19-33,20-33)15-26(42)41(25-3-1-2-23(14-25)24-16-37-27(38-17-24)22-4-5-22)21-30-6-9-32(10-7-30,11-8-30)28-39-29(43-40-28)34(36)12-13-34/h1-3,14,16-17,22H,4-13,15,18-21H2. The van der Waals surface area contributed by atoms with E-state index in [-0.39, 0.29) is 28.0 Å². The number of hydrogen-bond donors (Lipinski definition) is 0. The number of carbonyl (C=O) groups excluding carboxylic acids is 1. The Labute approximate surface area is 249 Å². The first-order chi connectivity index (χ1) is 20.7. The molecule has 1 aromatic carbocycles. The van der Waals surface area contributed by atoms with Gasteiger partial charge in [-0.25, -0.2) is 18.7 Å². The molecule has 224 valence electrons. The SMILES string of the molecule is O=C(CC12CC(F)(C1)C2)N(CC12CCC(c3noc(C4(F)CC4)n3)(CC1)CC2)c1cccc(-c2cnc(C3CC3)nc2)c1. The van der Waals surface area contributed by atoms with Crippen LogP contribution in [0.4, 0.5) is 14.5 Å². The third-order valence-corrected chi connectivity index (χ3v) is 11.9. The Hall–Kier alpha value is -3.23. The minimum absolute atomic E-state index is 0.00640. The van der Waals surface area contributed by atoms with Gasteiger partial charge in [0.2, 0.25) is 5.91 Å². The molecule has 0 saturated heterocycles. The van der Waals surface area contributed by atoms with E-state index in [4.69, 9.17) is 4.52 Å². The maximum Gasteiger partial charge on any atom is 0.264 e. The maximum absolute atomic E-state index is 14.6.